The first-order chi connectivity index (χ1) is 9.99. The second-order valence-corrected chi connectivity index (χ2v) is 5.53. The fourth-order valence-corrected chi connectivity index (χ4v) is 4.64. The van der Waals surface area contributed by atoms with Gasteiger partial charge in [-0.2, -0.15) is 10.5 Å². The van der Waals surface area contributed by atoms with E-state index in [-0.39, 0.29) is 5.84 Å². The number of nitrogens with zero attached hydrogens (tertiary/aromatic N) is 2. The summed E-state index contributed by atoms with van der Waals surface area (Å²) in [5.41, 5.74) is 3.42. The van der Waals surface area contributed by atoms with Crippen molar-refractivity contribution in [2.24, 2.45) is 22.0 Å². The zero-order valence-electron chi connectivity index (χ0n) is 13.1. The smallest absolute Gasteiger partial charge is 0.314 e. The first-order valence-corrected chi connectivity index (χ1v) is 7.51. The normalized spacial score (nSPS) is 34.5. The molecule has 0 aromatic rings. The number of hydrogen-bond donors (Lipinski definition) is 2. The lowest BCUT2D eigenvalue weighted by atomic mass is 9.85. The van der Waals surface area contributed by atoms with Crippen LogP contribution in [0, 0.1) is 38.9 Å². The van der Waals surface area contributed by atoms with Crippen molar-refractivity contribution in [1.82, 2.24) is 0 Å². The molecule has 0 unspecified atom stereocenters. The van der Waals surface area contributed by atoms with Gasteiger partial charge in [0.2, 0.25) is 0 Å². The van der Waals surface area contributed by atoms with Gasteiger partial charge in [-0.15, -0.1) is 0 Å². The highest BCUT2D eigenvalue weighted by Crippen LogP contribution is 2.84. The summed E-state index contributed by atoms with van der Waals surface area (Å²) < 4.78 is 11.7. The van der Waals surface area contributed by atoms with Gasteiger partial charge in [-0.05, 0) is 26.7 Å². The molecule has 2 rings (SSSR count). The van der Waals surface area contributed by atoms with Crippen LogP contribution >= 0.6 is 0 Å². The van der Waals surface area contributed by atoms with Crippen molar-refractivity contribution in [1.29, 1.82) is 10.5 Å². The van der Waals surface area contributed by atoms with Crippen LogP contribution in [-0.2, 0) is 9.47 Å². The van der Waals surface area contributed by atoms with E-state index in [1.165, 1.54) is 0 Å². The highest BCUT2D eigenvalue weighted by Gasteiger charge is 3.02. The van der Waals surface area contributed by atoms with Crippen LogP contribution in [0.15, 0.2) is 0 Å². The second kappa shape index (κ2) is 4.69. The molecular weight excluding hydrogens is 268 g/mol. The van der Waals surface area contributed by atoms with E-state index < -0.39 is 22.2 Å². The van der Waals surface area contributed by atoms with E-state index in [4.69, 9.17) is 15.2 Å². The monoisotopic (exact) mass is 291 g/mol. The third-order valence-electron chi connectivity index (χ3n) is 5.37. The van der Waals surface area contributed by atoms with Gasteiger partial charge < -0.3 is 9.47 Å². The molecule has 0 radical (unpaired) electrons. The van der Waals surface area contributed by atoms with E-state index in [0.29, 0.717) is 26.1 Å². The predicted molar refractivity (Wildman–Crippen MR) is 75.2 cm³/mol. The van der Waals surface area contributed by atoms with E-state index in [2.05, 4.69) is 17.1 Å². The number of rotatable bonds is 6. The molecule has 1 heterocycles. The summed E-state index contributed by atoms with van der Waals surface area (Å²) in [6, 6.07) is 4.67. The standard InChI is InChI=1S/C15H22N4O2/c1-5-12(6-2)13(9-16)11(18)19-15(20-7-3,21-8-4)14(12,13)10-17/h5-8H2,1-4H3,(H2,18,19)/p+1/t13-,14+/m1/s1. The minimum absolute atomic E-state index is 0.289. The van der Waals surface area contributed by atoms with Gasteiger partial charge in [-0.25, -0.2) is 4.99 Å². The average molecular weight is 291 g/mol. The topological polar surface area (TPSA) is 106 Å². The molecule has 0 bridgehead atoms. The summed E-state index contributed by atoms with van der Waals surface area (Å²) in [5, 5.41) is 19.8. The lowest BCUT2D eigenvalue weighted by Gasteiger charge is -2.32. The summed E-state index contributed by atoms with van der Waals surface area (Å²) in [5.74, 6) is -1.06. The highest BCUT2D eigenvalue weighted by molar-refractivity contribution is 5.94. The van der Waals surface area contributed by atoms with Crippen LogP contribution in [0.1, 0.15) is 40.5 Å². The van der Waals surface area contributed by atoms with Crippen molar-refractivity contribution in [3.63, 3.8) is 0 Å². The molecule has 6 heteroatoms. The Morgan fingerprint density at radius 3 is 1.86 bits per heavy atom. The van der Waals surface area contributed by atoms with Crippen LogP contribution < -0.4 is 10.7 Å². The van der Waals surface area contributed by atoms with Crippen molar-refractivity contribution >= 4 is 5.84 Å². The van der Waals surface area contributed by atoms with Crippen LogP contribution in [0.25, 0.3) is 0 Å². The molecule has 2 atom stereocenters. The third kappa shape index (κ3) is 1.23. The maximum absolute atomic E-state index is 10.00. The van der Waals surface area contributed by atoms with Crippen molar-refractivity contribution < 1.29 is 14.5 Å². The van der Waals surface area contributed by atoms with Crippen LogP contribution in [0.3, 0.4) is 0 Å². The molecule has 21 heavy (non-hydrogen) atoms. The Labute approximate surface area is 125 Å². The first kappa shape index (κ1) is 15.8. The predicted octanol–water partition coefficient (Wildman–Crippen LogP) is 0.00456. The number of hydrogen-bond acceptors (Lipinski definition) is 5. The average Bonchev–Trinajstić information content (AvgIpc) is 2.97. The molecule has 6 nitrogen and oxygen atoms in total. The van der Waals surface area contributed by atoms with Crippen LogP contribution in [0.2, 0.25) is 0 Å². The van der Waals surface area contributed by atoms with Gasteiger partial charge in [0, 0.05) is 5.41 Å². The summed E-state index contributed by atoms with van der Waals surface area (Å²) in [4.78, 5) is 2.98. The van der Waals surface area contributed by atoms with Crippen molar-refractivity contribution in [3.05, 3.63) is 0 Å². The SMILES string of the molecule is CCOC1(OCC)[NH+]=C(N)[C@]2(C#N)C(CC)(CC)[C@]12C#N. The lowest BCUT2D eigenvalue weighted by Crippen LogP contribution is -2.91. The Kier molecular flexibility index (Phi) is 3.52. The van der Waals surface area contributed by atoms with Crippen LogP contribution in [-0.4, -0.2) is 25.0 Å². The van der Waals surface area contributed by atoms with Gasteiger partial charge in [0.05, 0.1) is 25.4 Å². The molecule has 1 aliphatic heterocycles. The van der Waals surface area contributed by atoms with E-state index in [1.54, 1.807) is 0 Å². The second-order valence-electron chi connectivity index (χ2n) is 5.53. The minimum Gasteiger partial charge on any atom is -0.314 e. The van der Waals surface area contributed by atoms with Gasteiger partial charge in [0.25, 0.3) is 5.84 Å². The van der Waals surface area contributed by atoms with E-state index in [1.807, 2.05) is 27.7 Å². The molecule has 1 saturated carbocycles. The number of nitriles is 2. The molecule has 2 aliphatic rings. The molecule has 0 aromatic heterocycles. The molecule has 0 amide bonds. The number of fused-ring (bicyclic) bond motifs is 1. The Balaban J connectivity index is 2.74. The molecule has 0 saturated heterocycles. The largest absolute Gasteiger partial charge is 0.343 e. The summed E-state index contributed by atoms with van der Waals surface area (Å²) in [6.45, 7) is 8.34. The van der Waals surface area contributed by atoms with Gasteiger partial charge in [-0.3, -0.25) is 5.73 Å². The Morgan fingerprint density at radius 2 is 1.57 bits per heavy atom. The third-order valence-corrected chi connectivity index (χ3v) is 5.37. The Bertz CT molecular complexity index is 549. The van der Waals surface area contributed by atoms with Crippen molar-refractivity contribution in [2.75, 3.05) is 13.2 Å². The van der Waals surface area contributed by atoms with Gasteiger partial charge >= 0.3 is 5.91 Å². The Hall–Kier alpha value is -1.63. The zero-order valence-corrected chi connectivity index (χ0v) is 13.1. The lowest BCUT2D eigenvalue weighted by molar-refractivity contribution is -0.695. The van der Waals surface area contributed by atoms with E-state index in [0.717, 1.165) is 0 Å². The number of nitrogens with one attached hydrogen (secondary N) is 1. The fraction of sp³-hybridized carbons (Fsp3) is 0.800. The summed E-state index contributed by atoms with van der Waals surface area (Å²) >= 11 is 0. The van der Waals surface area contributed by atoms with Crippen molar-refractivity contribution in [2.45, 2.75) is 46.4 Å². The molecule has 114 valence electrons. The van der Waals surface area contributed by atoms with Crippen LogP contribution in [0.5, 0.6) is 0 Å². The molecule has 1 aliphatic carbocycles. The number of ether oxygens (including phenoxy) is 2. The first-order valence-electron chi connectivity index (χ1n) is 7.51. The molecule has 1 fully saturated rings. The molecule has 0 aromatic carbocycles. The van der Waals surface area contributed by atoms with Crippen LogP contribution in [0.4, 0.5) is 0 Å². The van der Waals surface area contributed by atoms with Gasteiger partial charge in [0.1, 0.15) is 0 Å². The van der Waals surface area contributed by atoms with Gasteiger partial charge in [-0.1, -0.05) is 13.8 Å². The van der Waals surface area contributed by atoms with E-state index in [9.17, 15) is 10.5 Å². The molecule has 3 N–H and O–H groups in total. The quantitative estimate of drug-likeness (QED) is 0.670. The van der Waals surface area contributed by atoms with Crippen molar-refractivity contribution in [3.8, 4) is 12.1 Å². The van der Waals surface area contributed by atoms with Gasteiger partial charge in [0.15, 0.2) is 10.8 Å². The minimum atomic E-state index is -1.35. The summed E-state index contributed by atoms with van der Waals surface area (Å²) in [7, 11) is 0. The van der Waals surface area contributed by atoms with E-state index >= 15 is 0 Å². The summed E-state index contributed by atoms with van der Waals surface area (Å²) in [6.07, 6.45) is 1.32. The molecular formula is C15H23N4O2+. The maximum atomic E-state index is 10.00. The fourth-order valence-electron chi connectivity index (χ4n) is 4.64. The number of amidine groups is 1. The number of nitrogens with two attached hydrogens (primary N) is 1. The molecule has 0 spiro atoms. The highest BCUT2D eigenvalue weighted by atomic mass is 16.7. The Morgan fingerprint density at radius 1 is 1.05 bits per heavy atom. The zero-order chi connectivity index (χ0) is 15.9. The maximum Gasteiger partial charge on any atom is 0.343 e.